The molecule has 0 bridgehead atoms. The van der Waals surface area contributed by atoms with Crippen LogP contribution in [0.4, 0.5) is 0 Å². The van der Waals surface area contributed by atoms with Gasteiger partial charge in [0.1, 0.15) is 0 Å². The van der Waals surface area contributed by atoms with Crippen LogP contribution in [0.2, 0.25) is 0 Å². The van der Waals surface area contributed by atoms with Crippen molar-refractivity contribution in [1.82, 2.24) is 4.90 Å². The molecule has 5 heteroatoms. The normalized spacial score (nSPS) is 10.2. The van der Waals surface area contributed by atoms with Gasteiger partial charge in [0.05, 0.1) is 11.4 Å². The maximum Gasteiger partial charge on any atom is 0.264 e. The predicted octanol–water partition coefficient (Wildman–Crippen LogP) is 1.97. The lowest BCUT2D eigenvalue weighted by atomic mass is 10.1. The topological polar surface area (TPSA) is 63.4 Å². The fourth-order valence-corrected chi connectivity index (χ4v) is 2.71. The molecule has 4 nitrogen and oxygen atoms in total. The standard InChI is InChI=1S/C14H14N2O2S/c1-16(9-12(15)17)14(18)13-11(7-8-19-13)10-5-3-2-4-6-10/h2-8H,9H2,1H3,(H2,15,17). The number of hydrogen-bond donors (Lipinski definition) is 1. The van der Waals surface area contributed by atoms with E-state index >= 15 is 0 Å². The predicted molar refractivity (Wildman–Crippen MR) is 75.9 cm³/mol. The van der Waals surface area contributed by atoms with Gasteiger partial charge in [-0.15, -0.1) is 11.3 Å². The zero-order chi connectivity index (χ0) is 13.8. The molecule has 0 aliphatic rings. The summed E-state index contributed by atoms with van der Waals surface area (Å²) in [4.78, 5) is 25.1. The van der Waals surface area contributed by atoms with Gasteiger partial charge >= 0.3 is 0 Å². The van der Waals surface area contributed by atoms with Crippen molar-refractivity contribution >= 4 is 23.2 Å². The number of rotatable bonds is 4. The molecule has 1 heterocycles. The number of thiophene rings is 1. The summed E-state index contributed by atoms with van der Waals surface area (Å²) in [6, 6.07) is 11.6. The molecule has 0 fully saturated rings. The van der Waals surface area contributed by atoms with Gasteiger partial charge in [-0.1, -0.05) is 30.3 Å². The second-order valence-corrected chi connectivity index (χ2v) is 5.07. The Labute approximate surface area is 115 Å². The highest BCUT2D eigenvalue weighted by Gasteiger charge is 2.19. The van der Waals surface area contributed by atoms with Gasteiger partial charge in [-0.3, -0.25) is 9.59 Å². The zero-order valence-electron chi connectivity index (χ0n) is 10.5. The Kier molecular flexibility index (Phi) is 3.97. The second kappa shape index (κ2) is 5.67. The van der Waals surface area contributed by atoms with Gasteiger partial charge in [0.2, 0.25) is 5.91 Å². The molecule has 0 radical (unpaired) electrons. The van der Waals surface area contributed by atoms with Crippen molar-refractivity contribution in [3.63, 3.8) is 0 Å². The first kappa shape index (κ1) is 13.3. The summed E-state index contributed by atoms with van der Waals surface area (Å²) in [5.74, 6) is -0.707. The van der Waals surface area contributed by atoms with E-state index in [0.29, 0.717) is 4.88 Å². The van der Waals surface area contributed by atoms with Crippen molar-refractivity contribution in [2.75, 3.05) is 13.6 Å². The Morgan fingerprint density at radius 2 is 1.89 bits per heavy atom. The zero-order valence-corrected chi connectivity index (χ0v) is 11.3. The SMILES string of the molecule is CN(CC(N)=O)C(=O)c1sccc1-c1ccccc1. The number of primary amides is 1. The minimum absolute atomic E-state index is 0.0784. The van der Waals surface area contributed by atoms with Gasteiger partial charge in [-0.25, -0.2) is 0 Å². The summed E-state index contributed by atoms with van der Waals surface area (Å²) < 4.78 is 0. The van der Waals surface area contributed by atoms with Crippen LogP contribution in [0.1, 0.15) is 9.67 Å². The van der Waals surface area contributed by atoms with Crippen LogP contribution >= 0.6 is 11.3 Å². The van der Waals surface area contributed by atoms with Crippen LogP contribution in [-0.2, 0) is 4.79 Å². The summed E-state index contributed by atoms with van der Waals surface area (Å²) in [6.45, 7) is -0.0784. The first-order chi connectivity index (χ1) is 9.09. The van der Waals surface area contributed by atoms with E-state index < -0.39 is 5.91 Å². The average Bonchev–Trinajstić information content (AvgIpc) is 2.87. The van der Waals surface area contributed by atoms with Crippen molar-refractivity contribution in [1.29, 1.82) is 0 Å². The Hall–Kier alpha value is -2.14. The van der Waals surface area contributed by atoms with Gasteiger partial charge in [-0.2, -0.15) is 0 Å². The van der Waals surface area contributed by atoms with Crippen LogP contribution in [-0.4, -0.2) is 30.3 Å². The fourth-order valence-electron chi connectivity index (χ4n) is 1.80. The van der Waals surface area contributed by atoms with Gasteiger partial charge in [0, 0.05) is 12.6 Å². The average molecular weight is 274 g/mol. The van der Waals surface area contributed by atoms with E-state index in [2.05, 4.69) is 0 Å². The van der Waals surface area contributed by atoms with E-state index in [1.54, 1.807) is 7.05 Å². The van der Waals surface area contributed by atoms with Gasteiger partial charge in [-0.05, 0) is 17.0 Å². The Balaban J connectivity index is 2.30. The third-order valence-corrected chi connectivity index (χ3v) is 3.59. The smallest absolute Gasteiger partial charge is 0.264 e. The van der Waals surface area contributed by atoms with E-state index in [1.807, 2.05) is 41.8 Å². The third kappa shape index (κ3) is 3.00. The number of nitrogens with two attached hydrogens (primary N) is 1. The summed E-state index contributed by atoms with van der Waals surface area (Å²) in [7, 11) is 1.57. The lowest BCUT2D eigenvalue weighted by molar-refractivity contribution is -0.118. The number of carbonyl (C=O) groups excluding carboxylic acids is 2. The Morgan fingerprint density at radius 1 is 1.21 bits per heavy atom. The second-order valence-electron chi connectivity index (χ2n) is 4.16. The van der Waals surface area contributed by atoms with Crippen molar-refractivity contribution < 1.29 is 9.59 Å². The summed E-state index contributed by atoms with van der Waals surface area (Å²) in [6.07, 6.45) is 0. The molecule has 1 aromatic heterocycles. The molecule has 0 aliphatic carbocycles. The highest BCUT2D eigenvalue weighted by molar-refractivity contribution is 7.12. The largest absolute Gasteiger partial charge is 0.368 e. The van der Waals surface area contributed by atoms with Crippen LogP contribution in [0, 0.1) is 0 Å². The quantitative estimate of drug-likeness (QED) is 0.926. The minimum Gasteiger partial charge on any atom is -0.368 e. The first-order valence-electron chi connectivity index (χ1n) is 5.76. The third-order valence-electron chi connectivity index (χ3n) is 2.68. The van der Waals surface area contributed by atoms with Gasteiger partial charge in [0.25, 0.3) is 5.91 Å². The molecule has 2 aromatic rings. The Morgan fingerprint density at radius 3 is 2.53 bits per heavy atom. The molecule has 0 spiro atoms. The highest BCUT2D eigenvalue weighted by atomic mass is 32.1. The molecule has 98 valence electrons. The van der Waals surface area contributed by atoms with Crippen molar-refractivity contribution in [2.24, 2.45) is 5.73 Å². The number of likely N-dealkylation sites (N-methyl/N-ethyl adjacent to an activating group) is 1. The molecule has 0 aliphatic heterocycles. The first-order valence-corrected chi connectivity index (χ1v) is 6.64. The number of hydrogen-bond acceptors (Lipinski definition) is 3. The van der Waals surface area contributed by atoms with Crippen LogP contribution in [0.15, 0.2) is 41.8 Å². The van der Waals surface area contributed by atoms with Crippen LogP contribution < -0.4 is 5.73 Å². The molecule has 1 aromatic carbocycles. The van der Waals surface area contributed by atoms with Crippen LogP contribution in [0.25, 0.3) is 11.1 Å². The van der Waals surface area contributed by atoms with E-state index in [0.717, 1.165) is 11.1 Å². The number of benzene rings is 1. The molecular weight excluding hydrogens is 260 g/mol. The molecule has 0 atom stereocenters. The van der Waals surface area contributed by atoms with Crippen LogP contribution in [0.5, 0.6) is 0 Å². The van der Waals surface area contributed by atoms with E-state index in [9.17, 15) is 9.59 Å². The number of nitrogens with zero attached hydrogens (tertiary/aromatic N) is 1. The van der Waals surface area contributed by atoms with Crippen LogP contribution in [0.3, 0.4) is 0 Å². The fraction of sp³-hybridized carbons (Fsp3) is 0.143. The molecule has 0 saturated heterocycles. The highest BCUT2D eigenvalue weighted by Crippen LogP contribution is 2.28. The molecule has 2 N–H and O–H groups in total. The minimum atomic E-state index is -0.520. The molecule has 0 saturated carbocycles. The molecule has 0 unspecified atom stereocenters. The molecule has 2 amide bonds. The lowest BCUT2D eigenvalue weighted by Crippen LogP contribution is -2.35. The lowest BCUT2D eigenvalue weighted by Gasteiger charge is -2.15. The van der Waals surface area contributed by atoms with Gasteiger partial charge < -0.3 is 10.6 Å². The van der Waals surface area contributed by atoms with E-state index in [-0.39, 0.29) is 12.5 Å². The van der Waals surface area contributed by atoms with Crippen molar-refractivity contribution in [3.8, 4) is 11.1 Å². The molecular formula is C14H14N2O2S. The maximum atomic E-state index is 12.3. The molecule has 19 heavy (non-hydrogen) atoms. The monoisotopic (exact) mass is 274 g/mol. The van der Waals surface area contributed by atoms with Crippen molar-refractivity contribution in [2.45, 2.75) is 0 Å². The van der Waals surface area contributed by atoms with Gasteiger partial charge in [0.15, 0.2) is 0 Å². The van der Waals surface area contributed by atoms with E-state index in [1.165, 1.54) is 16.2 Å². The van der Waals surface area contributed by atoms with E-state index in [4.69, 9.17) is 5.73 Å². The molecule has 2 rings (SSSR count). The number of carbonyl (C=O) groups is 2. The summed E-state index contributed by atoms with van der Waals surface area (Å²) in [5.41, 5.74) is 6.97. The maximum absolute atomic E-state index is 12.3. The summed E-state index contributed by atoms with van der Waals surface area (Å²) in [5, 5.41) is 1.87. The number of amides is 2. The summed E-state index contributed by atoms with van der Waals surface area (Å²) >= 11 is 1.36. The Bertz CT molecular complexity index is 593. The van der Waals surface area contributed by atoms with Crippen molar-refractivity contribution in [3.05, 3.63) is 46.7 Å².